The van der Waals surface area contributed by atoms with E-state index in [4.69, 9.17) is 17.3 Å². The van der Waals surface area contributed by atoms with E-state index in [0.717, 1.165) is 22.6 Å². The zero-order valence-corrected chi connectivity index (χ0v) is 22.1. The van der Waals surface area contributed by atoms with Gasteiger partial charge in [0.25, 0.3) is 11.8 Å². The van der Waals surface area contributed by atoms with Gasteiger partial charge in [-0.3, -0.25) is 14.3 Å². The molecule has 188 valence electrons. The van der Waals surface area contributed by atoms with E-state index in [1.165, 1.54) is 0 Å². The maximum absolute atomic E-state index is 12.9. The zero-order valence-electron chi connectivity index (χ0n) is 20.5. The highest BCUT2D eigenvalue weighted by molar-refractivity contribution is 7.99. The molecule has 1 heterocycles. The van der Waals surface area contributed by atoms with Crippen molar-refractivity contribution in [3.05, 3.63) is 88.5 Å². The van der Waals surface area contributed by atoms with E-state index in [9.17, 15) is 9.59 Å². The Hall–Kier alpha value is -3.33. The maximum atomic E-state index is 12.9. The fraction of sp³-hybridized carbons (Fsp3) is 0.222. The molecule has 0 unspecified atom stereocenters. The molecule has 4 N–H and O–H groups in total. The molecular formula is C27H30ClN5O2S. The summed E-state index contributed by atoms with van der Waals surface area (Å²) in [6.07, 6.45) is 3.79. The number of nitrogens with zero attached hydrogens (tertiary/aromatic N) is 2. The number of hydrogen-bond donors (Lipinski definition) is 3. The van der Waals surface area contributed by atoms with Crippen molar-refractivity contribution in [1.29, 1.82) is 0 Å². The van der Waals surface area contributed by atoms with Gasteiger partial charge < -0.3 is 16.4 Å². The molecule has 7 nitrogen and oxygen atoms in total. The van der Waals surface area contributed by atoms with E-state index in [1.54, 1.807) is 53.8 Å². The number of halogens is 1. The van der Waals surface area contributed by atoms with Crippen molar-refractivity contribution in [3.8, 4) is 11.3 Å². The van der Waals surface area contributed by atoms with Crippen molar-refractivity contribution in [3.63, 3.8) is 0 Å². The van der Waals surface area contributed by atoms with Gasteiger partial charge in [0, 0.05) is 48.0 Å². The summed E-state index contributed by atoms with van der Waals surface area (Å²) in [6.45, 7) is 4.40. The maximum Gasteiger partial charge on any atom is 0.258 e. The normalized spacial score (nSPS) is 11.9. The van der Waals surface area contributed by atoms with E-state index in [1.807, 2.05) is 50.3 Å². The number of anilines is 2. The van der Waals surface area contributed by atoms with Gasteiger partial charge >= 0.3 is 0 Å². The Morgan fingerprint density at radius 2 is 1.81 bits per heavy atom. The number of allylic oxidation sites excluding steroid dienone is 2. The second-order valence-corrected chi connectivity index (χ2v) is 9.37. The number of carbonyl (C=O) groups is 2. The van der Waals surface area contributed by atoms with Crippen molar-refractivity contribution >= 4 is 46.7 Å². The number of aryl methyl sites for hydroxylation is 1. The number of rotatable bonds is 10. The van der Waals surface area contributed by atoms with Gasteiger partial charge in [-0.15, -0.1) is 0 Å². The molecule has 0 atom stereocenters. The SMILES string of the molecule is C/C=C(CSCCN)\C(=C/C)C(=O)Nc1ccc(-c2cc(NC(=O)c3ccccc3Cl)n(C)n2)cc1. The second kappa shape index (κ2) is 13.1. The van der Waals surface area contributed by atoms with Crippen molar-refractivity contribution in [2.75, 3.05) is 28.7 Å². The molecule has 0 fully saturated rings. The fourth-order valence-electron chi connectivity index (χ4n) is 3.52. The zero-order chi connectivity index (χ0) is 26.1. The van der Waals surface area contributed by atoms with Gasteiger partial charge in [-0.2, -0.15) is 16.9 Å². The number of aromatic nitrogens is 2. The van der Waals surface area contributed by atoms with Gasteiger partial charge in [-0.05, 0) is 43.7 Å². The lowest BCUT2D eigenvalue weighted by Crippen LogP contribution is -2.17. The van der Waals surface area contributed by atoms with E-state index in [2.05, 4.69) is 15.7 Å². The van der Waals surface area contributed by atoms with Crippen LogP contribution in [0.15, 0.2) is 77.9 Å². The minimum absolute atomic E-state index is 0.158. The molecule has 3 rings (SSSR count). The molecule has 2 aromatic carbocycles. The molecule has 0 aliphatic heterocycles. The third kappa shape index (κ3) is 6.87. The summed E-state index contributed by atoms with van der Waals surface area (Å²) in [5.74, 6) is 1.64. The molecule has 0 aliphatic rings. The first-order valence-corrected chi connectivity index (χ1v) is 13.0. The van der Waals surface area contributed by atoms with E-state index in [-0.39, 0.29) is 11.8 Å². The van der Waals surface area contributed by atoms with Crippen molar-refractivity contribution in [2.24, 2.45) is 12.8 Å². The predicted octanol–water partition coefficient (Wildman–Crippen LogP) is 5.52. The Morgan fingerprint density at radius 1 is 1.08 bits per heavy atom. The molecular weight excluding hydrogens is 494 g/mol. The summed E-state index contributed by atoms with van der Waals surface area (Å²) in [7, 11) is 1.75. The van der Waals surface area contributed by atoms with E-state index < -0.39 is 0 Å². The minimum atomic E-state index is -0.310. The van der Waals surface area contributed by atoms with Gasteiger partial charge in [0.1, 0.15) is 5.82 Å². The van der Waals surface area contributed by atoms with Crippen molar-refractivity contribution in [2.45, 2.75) is 13.8 Å². The second-order valence-electron chi connectivity index (χ2n) is 7.86. The number of carbonyl (C=O) groups excluding carboxylic acids is 2. The van der Waals surface area contributed by atoms with Gasteiger partial charge in [0.05, 0.1) is 16.3 Å². The van der Waals surface area contributed by atoms with Gasteiger partial charge in [0.15, 0.2) is 0 Å². The largest absolute Gasteiger partial charge is 0.330 e. The number of nitrogens with one attached hydrogen (secondary N) is 2. The molecule has 36 heavy (non-hydrogen) atoms. The molecule has 1 aromatic heterocycles. The quantitative estimate of drug-likeness (QED) is 0.184. The van der Waals surface area contributed by atoms with Crippen LogP contribution in [0.5, 0.6) is 0 Å². The summed E-state index contributed by atoms with van der Waals surface area (Å²) < 4.78 is 1.60. The Kier molecular flexibility index (Phi) is 9.93. The van der Waals surface area contributed by atoms with Crippen LogP contribution in [0.2, 0.25) is 5.02 Å². The van der Waals surface area contributed by atoms with Crippen LogP contribution in [0, 0.1) is 0 Å². The van der Waals surface area contributed by atoms with Crippen LogP contribution in [0.4, 0.5) is 11.5 Å². The van der Waals surface area contributed by atoms with Crippen LogP contribution in [0.25, 0.3) is 11.3 Å². The topological polar surface area (TPSA) is 102 Å². The van der Waals surface area contributed by atoms with Crippen LogP contribution in [0.1, 0.15) is 24.2 Å². The highest BCUT2D eigenvalue weighted by Gasteiger charge is 2.16. The summed E-state index contributed by atoms with van der Waals surface area (Å²) in [4.78, 5) is 25.5. The molecule has 9 heteroatoms. The number of nitrogens with two attached hydrogens (primary N) is 1. The minimum Gasteiger partial charge on any atom is -0.330 e. The van der Waals surface area contributed by atoms with Crippen molar-refractivity contribution < 1.29 is 9.59 Å². The van der Waals surface area contributed by atoms with E-state index in [0.29, 0.717) is 39.9 Å². The monoisotopic (exact) mass is 523 g/mol. The van der Waals surface area contributed by atoms with E-state index >= 15 is 0 Å². The molecule has 0 saturated heterocycles. The fourth-order valence-corrected chi connectivity index (χ4v) is 4.60. The Balaban J connectivity index is 1.69. The van der Waals surface area contributed by atoms with Crippen LogP contribution in [-0.2, 0) is 11.8 Å². The molecule has 0 bridgehead atoms. The molecule has 0 spiro atoms. The summed E-state index contributed by atoms with van der Waals surface area (Å²) >= 11 is 7.84. The lowest BCUT2D eigenvalue weighted by atomic mass is 10.1. The third-order valence-corrected chi connectivity index (χ3v) is 6.79. The van der Waals surface area contributed by atoms with Gasteiger partial charge in [0.2, 0.25) is 0 Å². The highest BCUT2D eigenvalue weighted by Crippen LogP contribution is 2.25. The number of hydrogen-bond acceptors (Lipinski definition) is 5. The number of thioether (sulfide) groups is 1. The third-order valence-electron chi connectivity index (χ3n) is 5.43. The molecule has 0 aliphatic carbocycles. The lowest BCUT2D eigenvalue weighted by molar-refractivity contribution is -0.112. The van der Waals surface area contributed by atoms with Crippen LogP contribution < -0.4 is 16.4 Å². The average molecular weight is 524 g/mol. The predicted molar refractivity (Wildman–Crippen MR) is 151 cm³/mol. The standard InChI is InChI=1S/C27H30ClN5O2S/c1-4-18(17-36-15-14-29)21(5-2)26(34)30-20-12-10-19(11-13-20)24-16-25(33(3)32-24)31-27(35)22-8-6-7-9-23(22)28/h4-13,16H,14-15,17,29H2,1-3H3,(H,30,34)(H,31,35)/b18-4-,21-5+. The first-order chi connectivity index (χ1) is 17.4. The molecule has 0 saturated carbocycles. The first kappa shape index (κ1) is 27.3. The molecule has 0 radical (unpaired) electrons. The average Bonchev–Trinajstić information content (AvgIpc) is 3.24. The van der Waals surface area contributed by atoms with Gasteiger partial charge in [-0.25, -0.2) is 0 Å². The Bertz CT molecular complexity index is 1280. The smallest absolute Gasteiger partial charge is 0.258 e. The van der Waals surface area contributed by atoms with Crippen LogP contribution in [-0.4, -0.2) is 39.6 Å². The molecule has 3 aromatic rings. The van der Waals surface area contributed by atoms with Crippen molar-refractivity contribution in [1.82, 2.24) is 9.78 Å². The van der Waals surface area contributed by atoms with Crippen LogP contribution in [0.3, 0.4) is 0 Å². The summed E-state index contributed by atoms with van der Waals surface area (Å²) in [6, 6.07) is 16.1. The highest BCUT2D eigenvalue weighted by atomic mass is 35.5. The van der Waals surface area contributed by atoms with Crippen LogP contribution >= 0.6 is 23.4 Å². The number of benzene rings is 2. The summed E-state index contributed by atoms with van der Waals surface area (Å²) in [5, 5.41) is 10.7. The first-order valence-electron chi connectivity index (χ1n) is 11.5. The van der Waals surface area contributed by atoms with Gasteiger partial charge in [-0.1, -0.05) is 48.0 Å². The Labute approximate surface area is 220 Å². The summed E-state index contributed by atoms with van der Waals surface area (Å²) in [5.41, 5.74) is 9.80. The molecule has 2 amide bonds. The lowest BCUT2D eigenvalue weighted by Gasteiger charge is -2.12. The Morgan fingerprint density at radius 3 is 2.44 bits per heavy atom. The number of amides is 2.